The number of rotatable bonds is 4. The molecule has 1 aromatic carbocycles. The maximum Gasteiger partial charge on any atom is 0.337 e. The first-order valence-electron chi connectivity index (χ1n) is 6.96. The van der Waals surface area contributed by atoms with Gasteiger partial charge in [-0.25, -0.2) is 9.78 Å². The Morgan fingerprint density at radius 2 is 1.96 bits per heavy atom. The van der Waals surface area contributed by atoms with Crippen LogP contribution in [0.15, 0.2) is 59.5 Å². The zero-order valence-electron chi connectivity index (χ0n) is 12.4. The summed E-state index contributed by atoms with van der Waals surface area (Å²) in [6, 6.07) is 13.9. The van der Waals surface area contributed by atoms with E-state index in [0.717, 1.165) is 0 Å². The van der Waals surface area contributed by atoms with Crippen LogP contribution in [-0.2, 0) is 9.53 Å². The van der Waals surface area contributed by atoms with Gasteiger partial charge < -0.3 is 9.47 Å². The van der Waals surface area contributed by atoms with E-state index in [-0.39, 0.29) is 17.9 Å². The fraction of sp³-hybridized carbons (Fsp3) is 0.118. The molecule has 116 valence electrons. The van der Waals surface area contributed by atoms with Gasteiger partial charge in [0.25, 0.3) is 5.56 Å². The minimum absolute atomic E-state index is 0.173. The molecule has 0 fully saturated rings. The molecule has 0 N–H and O–H groups in total. The molecule has 3 aromatic rings. The van der Waals surface area contributed by atoms with E-state index in [9.17, 15) is 9.59 Å². The first-order chi connectivity index (χ1) is 11.2. The molecule has 0 aliphatic heterocycles. The van der Waals surface area contributed by atoms with Crippen molar-refractivity contribution in [1.29, 1.82) is 0 Å². The van der Waals surface area contributed by atoms with Crippen molar-refractivity contribution in [3.05, 3.63) is 65.1 Å². The van der Waals surface area contributed by atoms with Crippen molar-refractivity contribution in [2.24, 2.45) is 0 Å². The van der Waals surface area contributed by atoms with Crippen molar-refractivity contribution >= 4 is 17.0 Å². The highest BCUT2D eigenvalue weighted by Crippen LogP contribution is 2.24. The van der Waals surface area contributed by atoms with Crippen LogP contribution in [0.2, 0.25) is 0 Å². The number of fused-ring (bicyclic) bond motifs is 1. The summed E-state index contributed by atoms with van der Waals surface area (Å²) in [7, 11) is 1.40. The van der Waals surface area contributed by atoms with Gasteiger partial charge in [0, 0.05) is 19.4 Å². The summed E-state index contributed by atoms with van der Waals surface area (Å²) >= 11 is 0. The van der Waals surface area contributed by atoms with Crippen LogP contribution in [0, 0.1) is 0 Å². The summed E-state index contributed by atoms with van der Waals surface area (Å²) in [5.41, 5.74) is 0.782. The molecule has 23 heavy (non-hydrogen) atoms. The molecule has 0 aliphatic rings. The van der Waals surface area contributed by atoms with Gasteiger partial charge in [-0.3, -0.25) is 9.36 Å². The van der Waals surface area contributed by atoms with Crippen LogP contribution in [0.4, 0.5) is 0 Å². The molecule has 0 saturated heterocycles. The van der Waals surface area contributed by atoms with Crippen molar-refractivity contribution in [2.45, 2.75) is 0 Å². The highest BCUT2D eigenvalue weighted by atomic mass is 16.6. The summed E-state index contributed by atoms with van der Waals surface area (Å²) in [4.78, 5) is 28.4. The van der Waals surface area contributed by atoms with E-state index in [1.165, 1.54) is 17.7 Å². The Balaban J connectivity index is 2.20. The summed E-state index contributed by atoms with van der Waals surface area (Å²) in [6.07, 6.45) is 1.59. The van der Waals surface area contributed by atoms with E-state index in [0.29, 0.717) is 16.7 Å². The fourth-order valence-corrected chi connectivity index (χ4v) is 2.31. The van der Waals surface area contributed by atoms with Gasteiger partial charge in [-0.15, -0.1) is 0 Å². The second-order valence-corrected chi connectivity index (χ2v) is 4.80. The van der Waals surface area contributed by atoms with E-state index in [1.807, 2.05) is 30.3 Å². The van der Waals surface area contributed by atoms with Crippen LogP contribution in [0.25, 0.3) is 16.7 Å². The maximum atomic E-state index is 12.5. The lowest BCUT2D eigenvalue weighted by Gasteiger charge is -2.12. The quantitative estimate of drug-likeness (QED) is 0.689. The maximum absolute atomic E-state index is 12.5. The van der Waals surface area contributed by atoms with Crippen molar-refractivity contribution in [3.63, 3.8) is 0 Å². The molecule has 2 aromatic heterocycles. The number of carbonyl (C=O) groups excluding carboxylic acids is 1. The van der Waals surface area contributed by atoms with Gasteiger partial charge in [-0.1, -0.05) is 18.2 Å². The van der Waals surface area contributed by atoms with Crippen molar-refractivity contribution < 1.29 is 14.3 Å². The summed E-state index contributed by atoms with van der Waals surface area (Å²) < 4.78 is 11.4. The standard InChI is InChI=1S/C17H14N2O4/c1-22-11-16(21)23-14-10-15(20)19(12-6-3-2-4-7-12)17-13(14)8-5-9-18-17/h2-10H,11H2,1H3. The summed E-state index contributed by atoms with van der Waals surface area (Å²) in [6.45, 7) is -0.191. The van der Waals surface area contributed by atoms with Crippen LogP contribution in [0.5, 0.6) is 5.75 Å². The van der Waals surface area contributed by atoms with E-state index < -0.39 is 5.97 Å². The molecule has 0 spiro atoms. The zero-order chi connectivity index (χ0) is 16.2. The molecule has 2 heterocycles. The molecule has 0 bridgehead atoms. The van der Waals surface area contributed by atoms with E-state index in [1.54, 1.807) is 18.3 Å². The number of ether oxygens (including phenoxy) is 2. The van der Waals surface area contributed by atoms with Crippen LogP contribution in [0.1, 0.15) is 0 Å². The predicted octanol–water partition coefficient (Wildman–Crippen LogP) is 1.94. The van der Waals surface area contributed by atoms with Crippen molar-refractivity contribution in [1.82, 2.24) is 9.55 Å². The lowest BCUT2D eigenvalue weighted by Crippen LogP contribution is -2.21. The van der Waals surface area contributed by atoms with E-state index in [2.05, 4.69) is 4.98 Å². The topological polar surface area (TPSA) is 70.4 Å². The average molecular weight is 310 g/mol. The van der Waals surface area contributed by atoms with Crippen LogP contribution in [-0.4, -0.2) is 29.2 Å². The predicted molar refractivity (Wildman–Crippen MR) is 84.9 cm³/mol. The Bertz CT molecular complexity index is 903. The van der Waals surface area contributed by atoms with E-state index in [4.69, 9.17) is 9.47 Å². The van der Waals surface area contributed by atoms with Crippen LogP contribution in [0.3, 0.4) is 0 Å². The van der Waals surface area contributed by atoms with Crippen molar-refractivity contribution in [2.75, 3.05) is 13.7 Å². The molecule has 0 amide bonds. The second-order valence-electron chi connectivity index (χ2n) is 4.80. The minimum atomic E-state index is -0.575. The van der Waals surface area contributed by atoms with Gasteiger partial charge in [0.05, 0.1) is 11.1 Å². The first kappa shape index (κ1) is 14.9. The van der Waals surface area contributed by atoms with Gasteiger partial charge in [0.1, 0.15) is 12.4 Å². The van der Waals surface area contributed by atoms with Crippen LogP contribution >= 0.6 is 0 Å². The lowest BCUT2D eigenvalue weighted by atomic mass is 10.2. The van der Waals surface area contributed by atoms with Gasteiger partial charge in [-0.2, -0.15) is 0 Å². The monoisotopic (exact) mass is 310 g/mol. The average Bonchev–Trinajstić information content (AvgIpc) is 2.56. The largest absolute Gasteiger partial charge is 0.424 e. The Kier molecular flexibility index (Phi) is 4.16. The first-order valence-corrected chi connectivity index (χ1v) is 6.96. The second kappa shape index (κ2) is 6.41. The number of hydrogen-bond donors (Lipinski definition) is 0. The highest BCUT2D eigenvalue weighted by molar-refractivity contribution is 5.86. The smallest absolute Gasteiger partial charge is 0.337 e. The summed E-state index contributed by atoms with van der Waals surface area (Å²) in [5.74, 6) is -0.401. The molecule has 6 heteroatoms. The number of methoxy groups -OCH3 is 1. The third kappa shape index (κ3) is 2.97. The van der Waals surface area contributed by atoms with Gasteiger partial charge in [0.2, 0.25) is 0 Å². The molecular formula is C17H14N2O4. The normalized spacial score (nSPS) is 10.7. The highest BCUT2D eigenvalue weighted by Gasteiger charge is 2.14. The fourth-order valence-electron chi connectivity index (χ4n) is 2.31. The SMILES string of the molecule is COCC(=O)Oc1cc(=O)n(-c2ccccc2)c2ncccc12. The molecule has 6 nitrogen and oxygen atoms in total. The Morgan fingerprint density at radius 1 is 1.17 bits per heavy atom. The zero-order valence-corrected chi connectivity index (χ0v) is 12.4. The third-order valence-electron chi connectivity index (χ3n) is 3.24. The number of carbonyl (C=O) groups is 1. The molecule has 0 atom stereocenters. The van der Waals surface area contributed by atoms with E-state index >= 15 is 0 Å². The number of nitrogens with zero attached hydrogens (tertiary/aromatic N) is 2. The number of hydrogen-bond acceptors (Lipinski definition) is 5. The Hall–Kier alpha value is -2.99. The van der Waals surface area contributed by atoms with Gasteiger partial charge >= 0.3 is 5.97 Å². The molecule has 0 aliphatic carbocycles. The lowest BCUT2D eigenvalue weighted by molar-refractivity contribution is -0.138. The molecule has 3 rings (SSSR count). The third-order valence-corrected chi connectivity index (χ3v) is 3.24. The number of pyridine rings is 2. The van der Waals surface area contributed by atoms with Crippen LogP contribution < -0.4 is 10.3 Å². The minimum Gasteiger partial charge on any atom is -0.424 e. The van der Waals surface area contributed by atoms with Gasteiger partial charge in [0.15, 0.2) is 5.65 Å². The molecular weight excluding hydrogens is 296 g/mol. The number of aromatic nitrogens is 2. The molecule has 0 unspecified atom stereocenters. The summed E-state index contributed by atoms with van der Waals surface area (Å²) in [5, 5.41) is 0.570. The number of esters is 1. The number of para-hydroxylation sites is 1. The van der Waals surface area contributed by atoms with Crippen molar-refractivity contribution in [3.8, 4) is 11.4 Å². The van der Waals surface area contributed by atoms with Gasteiger partial charge in [-0.05, 0) is 24.3 Å². The Labute approximate surface area is 131 Å². The molecule has 0 radical (unpaired) electrons. The Morgan fingerprint density at radius 3 is 2.70 bits per heavy atom. The number of benzene rings is 1. The molecule has 0 saturated carbocycles.